The van der Waals surface area contributed by atoms with Gasteiger partial charge in [0.25, 0.3) is 0 Å². The molecule has 0 saturated carbocycles. The van der Waals surface area contributed by atoms with Crippen LogP contribution in [0.5, 0.6) is 0 Å². The molecule has 4 nitrogen and oxygen atoms in total. The van der Waals surface area contributed by atoms with Gasteiger partial charge >= 0.3 is 0 Å². The van der Waals surface area contributed by atoms with Crippen molar-refractivity contribution in [3.63, 3.8) is 0 Å². The lowest BCUT2D eigenvalue weighted by Crippen LogP contribution is -2.09. The second-order valence-corrected chi connectivity index (χ2v) is 5.38. The van der Waals surface area contributed by atoms with Crippen LogP contribution in [0.3, 0.4) is 0 Å². The van der Waals surface area contributed by atoms with Crippen LogP contribution in [0.15, 0.2) is 34.9 Å². The zero-order valence-electron chi connectivity index (χ0n) is 10.6. The number of nitrogens with zero attached hydrogens (tertiary/aromatic N) is 2. The summed E-state index contributed by atoms with van der Waals surface area (Å²) >= 11 is 9.51. The van der Waals surface area contributed by atoms with E-state index in [4.69, 9.17) is 11.6 Å². The minimum atomic E-state index is 0.102. The molecule has 0 aliphatic heterocycles. The lowest BCUT2D eigenvalue weighted by Gasteiger charge is -2.16. The van der Waals surface area contributed by atoms with Crippen molar-refractivity contribution in [3.8, 4) is 0 Å². The van der Waals surface area contributed by atoms with Crippen molar-refractivity contribution in [1.29, 1.82) is 0 Å². The molecule has 0 radical (unpaired) electrons. The van der Waals surface area contributed by atoms with E-state index in [1.165, 1.54) is 0 Å². The third kappa shape index (κ3) is 3.58. The van der Waals surface area contributed by atoms with Crippen LogP contribution in [-0.2, 0) is 0 Å². The number of hydrogen-bond donors (Lipinski definition) is 2. The molecule has 0 spiro atoms. The number of hydrogen-bond acceptors (Lipinski definition) is 4. The fourth-order valence-corrected chi connectivity index (χ4v) is 2.04. The Balaban J connectivity index is 2.18. The molecular formula is C13H14BrClN4. The molecule has 0 fully saturated rings. The van der Waals surface area contributed by atoms with Gasteiger partial charge < -0.3 is 10.6 Å². The number of nitrogens with one attached hydrogen (secondary N) is 2. The minimum Gasteiger partial charge on any atom is -0.362 e. The summed E-state index contributed by atoms with van der Waals surface area (Å²) in [4.78, 5) is 8.35. The zero-order valence-corrected chi connectivity index (χ0v) is 13.0. The fourth-order valence-electron chi connectivity index (χ4n) is 1.63. The van der Waals surface area contributed by atoms with Crippen molar-refractivity contribution in [3.05, 3.63) is 45.5 Å². The first-order valence-corrected chi connectivity index (χ1v) is 6.99. The highest BCUT2D eigenvalue weighted by Crippen LogP contribution is 2.25. The van der Waals surface area contributed by atoms with Gasteiger partial charge in [-0.05, 0) is 24.6 Å². The summed E-state index contributed by atoms with van der Waals surface area (Å²) in [7, 11) is 1.77. The molecule has 0 aliphatic rings. The van der Waals surface area contributed by atoms with Crippen LogP contribution in [0.2, 0.25) is 5.02 Å². The van der Waals surface area contributed by atoms with Crippen molar-refractivity contribution in [2.45, 2.75) is 13.0 Å². The second kappa shape index (κ2) is 6.21. The van der Waals surface area contributed by atoms with Gasteiger partial charge in [-0.15, -0.1) is 0 Å². The van der Waals surface area contributed by atoms with Crippen LogP contribution in [0.25, 0.3) is 0 Å². The van der Waals surface area contributed by atoms with E-state index in [1.54, 1.807) is 13.2 Å². The van der Waals surface area contributed by atoms with Crippen LogP contribution in [-0.4, -0.2) is 17.0 Å². The summed E-state index contributed by atoms with van der Waals surface area (Å²) in [5.41, 5.74) is 1.16. The quantitative estimate of drug-likeness (QED) is 0.879. The SMILES string of the molecule is CNc1ncc(Cl)c(NC(C)c2ccc(Br)cc2)n1. The highest BCUT2D eigenvalue weighted by molar-refractivity contribution is 9.10. The molecule has 6 heteroatoms. The smallest absolute Gasteiger partial charge is 0.224 e. The molecule has 0 amide bonds. The van der Waals surface area contributed by atoms with Crippen LogP contribution < -0.4 is 10.6 Å². The van der Waals surface area contributed by atoms with E-state index < -0.39 is 0 Å². The van der Waals surface area contributed by atoms with Crippen LogP contribution in [0.4, 0.5) is 11.8 Å². The number of rotatable bonds is 4. The van der Waals surface area contributed by atoms with Crippen molar-refractivity contribution in [2.24, 2.45) is 0 Å². The molecule has 0 bridgehead atoms. The van der Waals surface area contributed by atoms with Gasteiger partial charge in [-0.2, -0.15) is 4.98 Å². The molecule has 1 atom stereocenters. The Labute approximate surface area is 125 Å². The Kier molecular flexibility index (Phi) is 4.61. The summed E-state index contributed by atoms with van der Waals surface area (Å²) < 4.78 is 1.06. The highest BCUT2D eigenvalue weighted by atomic mass is 79.9. The standard InChI is InChI=1S/C13H14BrClN4/c1-8(9-3-5-10(14)6-4-9)18-12-11(15)7-17-13(16-2)19-12/h3-8H,1-2H3,(H2,16,17,18,19). The van der Waals surface area contributed by atoms with Crippen molar-refractivity contribution < 1.29 is 0 Å². The van der Waals surface area contributed by atoms with Crippen LogP contribution >= 0.6 is 27.5 Å². The number of benzene rings is 1. The number of halogens is 2. The van der Waals surface area contributed by atoms with Crippen LogP contribution in [0, 0.1) is 0 Å². The van der Waals surface area contributed by atoms with Crippen LogP contribution in [0.1, 0.15) is 18.5 Å². The third-order valence-electron chi connectivity index (χ3n) is 2.69. The second-order valence-electron chi connectivity index (χ2n) is 4.06. The lowest BCUT2D eigenvalue weighted by atomic mass is 10.1. The monoisotopic (exact) mass is 340 g/mol. The van der Waals surface area contributed by atoms with E-state index in [2.05, 4.69) is 55.6 Å². The summed E-state index contributed by atoms with van der Waals surface area (Å²) in [6.45, 7) is 2.06. The van der Waals surface area contributed by atoms with E-state index in [0.29, 0.717) is 16.8 Å². The number of anilines is 2. The maximum Gasteiger partial charge on any atom is 0.224 e. The summed E-state index contributed by atoms with van der Waals surface area (Å²) in [6.07, 6.45) is 1.58. The Morgan fingerprint density at radius 1 is 1.26 bits per heavy atom. The van der Waals surface area contributed by atoms with Gasteiger partial charge in [0, 0.05) is 17.6 Å². The van der Waals surface area contributed by atoms with Gasteiger partial charge in [0.15, 0.2) is 5.82 Å². The first-order chi connectivity index (χ1) is 9.10. The van der Waals surface area contributed by atoms with Gasteiger partial charge in [0.1, 0.15) is 5.02 Å². The van der Waals surface area contributed by atoms with Gasteiger partial charge in [-0.25, -0.2) is 4.98 Å². The Bertz CT molecular complexity index is 559. The molecule has 0 saturated heterocycles. The van der Waals surface area contributed by atoms with E-state index >= 15 is 0 Å². The Hall–Kier alpha value is -1.33. The first-order valence-electron chi connectivity index (χ1n) is 5.82. The molecule has 1 unspecified atom stereocenters. The average Bonchev–Trinajstić information content (AvgIpc) is 2.42. The maximum absolute atomic E-state index is 6.09. The number of aromatic nitrogens is 2. The summed E-state index contributed by atoms with van der Waals surface area (Å²) in [5, 5.41) is 6.67. The molecule has 19 heavy (non-hydrogen) atoms. The molecule has 1 aromatic heterocycles. The predicted molar refractivity (Wildman–Crippen MR) is 82.8 cm³/mol. The maximum atomic E-state index is 6.09. The van der Waals surface area contributed by atoms with E-state index in [1.807, 2.05) is 12.1 Å². The average molecular weight is 342 g/mol. The summed E-state index contributed by atoms with van der Waals surface area (Å²) in [5.74, 6) is 1.16. The molecule has 0 aliphatic carbocycles. The van der Waals surface area contributed by atoms with Crippen molar-refractivity contribution >= 4 is 39.3 Å². The third-order valence-corrected chi connectivity index (χ3v) is 3.50. The van der Waals surface area contributed by atoms with Crippen molar-refractivity contribution in [2.75, 3.05) is 17.7 Å². The summed E-state index contributed by atoms with van der Waals surface area (Å²) in [6, 6.07) is 8.22. The molecule has 2 rings (SSSR count). The van der Waals surface area contributed by atoms with Gasteiger partial charge in [0.2, 0.25) is 5.95 Å². The first kappa shape index (κ1) is 14.1. The Morgan fingerprint density at radius 2 is 1.95 bits per heavy atom. The van der Waals surface area contributed by atoms with E-state index in [0.717, 1.165) is 10.0 Å². The molecule has 2 aromatic rings. The van der Waals surface area contributed by atoms with E-state index in [-0.39, 0.29) is 6.04 Å². The zero-order chi connectivity index (χ0) is 13.8. The topological polar surface area (TPSA) is 49.8 Å². The Morgan fingerprint density at radius 3 is 2.58 bits per heavy atom. The normalized spacial score (nSPS) is 12.0. The molecule has 100 valence electrons. The van der Waals surface area contributed by atoms with Gasteiger partial charge in [-0.1, -0.05) is 39.7 Å². The molecule has 1 heterocycles. The van der Waals surface area contributed by atoms with Crippen molar-refractivity contribution in [1.82, 2.24) is 9.97 Å². The highest BCUT2D eigenvalue weighted by Gasteiger charge is 2.10. The van der Waals surface area contributed by atoms with Gasteiger partial charge in [-0.3, -0.25) is 0 Å². The predicted octanol–water partition coefficient (Wildman–Crippen LogP) is 4.11. The molecule has 2 N–H and O–H groups in total. The van der Waals surface area contributed by atoms with E-state index in [9.17, 15) is 0 Å². The molecule has 1 aromatic carbocycles. The lowest BCUT2D eigenvalue weighted by molar-refractivity contribution is 0.872. The minimum absolute atomic E-state index is 0.102. The molecular weight excluding hydrogens is 328 g/mol. The largest absolute Gasteiger partial charge is 0.362 e. The fraction of sp³-hybridized carbons (Fsp3) is 0.231. The van der Waals surface area contributed by atoms with Gasteiger partial charge in [0.05, 0.1) is 6.20 Å².